The Balaban J connectivity index is 0.000000183. The molecule has 8 aromatic heterocycles. The third-order valence-corrected chi connectivity index (χ3v) is 29.0. The van der Waals surface area contributed by atoms with Crippen LogP contribution >= 0.6 is 45.3 Å². The number of hydrogen-bond acceptors (Lipinski definition) is 28. The Morgan fingerprint density at radius 3 is 1.06 bits per heavy atom. The average Bonchev–Trinajstić information content (AvgIpc) is 1.41. The number of hydrogen-bond donors (Lipinski definition) is 12. The molecule has 45 heteroatoms. The third-order valence-electron chi connectivity index (χ3n) is 24.6. The van der Waals surface area contributed by atoms with Gasteiger partial charge in [-0.05, 0) is 208 Å². The summed E-state index contributed by atoms with van der Waals surface area (Å²) in [6.45, 7) is 25.1. The molecular formula is C99H133F9N20O12S4. The van der Waals surface area contributed by atoms with Crippen molar-refractivity contribution in [3.8, 4) is 41.8 Å². The van der Waals surface area contributed by atoms with E-state index in [0.29, 0.717) is 80.6 Å². The first-order valence-corrected chi connectivity index (χ1v) is 52.4. The monoisotopic (exact) mass is 2090 g/mol. The second kappa shape index (κ2) is 50.1. The lowest BCUT2D eigenvalue weighted by Gasteiger charge is -2.33. The molecule has 788 valence electrons. The van der Waals surface area contributed by atoms with Crippen LogP contribution in [0.2, 0.25) is 0 Å². The molecule has 144 heavy (non-hydrogen) atoms. The Bertz CT molecular complexity index is 5740. The van der Waals surface area contributed by atoms with E-state index in [1.54, 1.807) is 61.7 Å². The van der Waals surface area contributed by atoms with Crippen LogP contribution in [0.5, 0.6) is 0 Å². The highest BCUT2D eigenvalue weighted by atomic mass is 32.1. The fourth-order valence-electron chi connectivity index (χ4n) is 16.7. The van der Waals surface area contributed by atoms with Gasteiger partial charge in [0.25, 0.3) is 47.3 Å². The zero-order chi connectivity index (χ0) is 105. The summed E-state index contributed by atoms with van der Waals surface area (Å²) in [6.07, 6.45) is 9.86. The molecule has 6 aliphatic rings. The second-order valence-electron chi connectivity index (χ2n) is 39.8. The summed E-state index contributed by atoms with van der Waals surface area (Å²) in [5, 5.41) is 62.6. The van der Waals surface area contributed by atoms with E-state index < -0.39 is 99.8 Å². The number of halogens is 9. The van der Waals surface area contributed by atoms with Crippen LogP contribution in [-0.4, -0.2) is 271 Å². The Labute approximate surface area is 848 Å². The van der Waals surface area contributed by atoms with Gasteiger partial charge in [-0.15, -0.1) is 45.3 Å². The van der Waals surface area contributed by atoms with Crippen molar-refractivity contribution < 1.29 is 98.3 Å². The number of rotatable bonds is 30. The number of likely N-dealkylation sites (tertiary alicyclic amines) is 4. The molecule has 12 heterocycles. The topological polar surface area (TPSA) is 430 Å². The fourth-order valence-corrected chi connectivity index (χ4v) is 20.7. The maximum Gasteiger partial charge on any atom is 0.419 e. The van der Waals surface area contributed by atoms with E-state index in [4.69, 9.17) is 0 Å². The molecule has 32 nitrogen and oxygen atoms in total. The molecule has 0 spiro atoms. The first-order chi connectivity index (χ1) is 67.8. The summed E-state index contributed by atoms with van der Waals surface area (Å²) in [6, 6.07) is 6.02. The highest BCUT2D eigenvalue weighted by Crippen LogP contribution is 2.45. The quantitative estimate of drug-likeness (QED) is 0.0186. The number of carbonyl (C=O) groups is 8. The van der Waals surface area contributed by atoms with Gasteiger partial charge in [-0.2, -0.15) is 26.3 Å². The minimum atomic E-state index is -4.72. The van der Waals surface area contributed by atoms with Gasteiger partial charge in [0.2, 0.25) is 0 Å². The van der Waals surface area contributed by atoms with Crippen LogP contribution in [0, 0.1) is 13.8 Å². The standard InChI is InChI=1S/C27H36F3N5O3S.C26H36FN5O3S.C23H29F4N5O3S.C23H32FN5O3S/c1-16-9-7-8-12-35(16)25(37)20-21(39-24(34-20)23(36)32-15-26(2,3)38)17-13-19(27(28,29)30)22(31-14-17)33-18-10-5-4-6-11-18;1-16-13-20(30-18-7-5-4-6-8-18)28-14-19(16)22-21(25(34)32-11-9-17(27)10-12-32)31-24(36-22)23(33)29-15-26(2,3)35;1-4-7-28-18-15(23(25,26)27)10-13(11-29-18)17-16(21(34)32-8-5-14(24)6-9-32)31-20(36-17)19(33)30-12-22(2,3)35;1-5-8-25-17-11-14(2)16(12-26-17)19-18(22(31)29-9-6-15(24)7-10-29)28-21(33-19)20(30)27-13-23(3,4)32/h13-14,16,18,38H,4-12,15H2,1-3H3,(H,31,33)(H,32,36);13-14,17-18,35H,4-12,15H2,1-3H3,(H,28,30)(H,29,33);10-11,14,35H,4-9,12H2,1-3H3,(H,28,29)(H,30,33);11-12,15,32H,5-10,13H2,1-4H3,(H,25,26)(H,27,30)/t16-;;;/m0.../s1. The van der Waals surface area contributed by atoms with E-state index >= 15 is 0 Å². The van der Waals surface area contributed by atoms with Gasteiger partial charge in [0.15, 0.2) is 20.0 Å². The number of nitrogens with zero attached hydrogens (tertiary/aromatic N) is 12. The van der Waals surface area contributed by atoms with Gasteiger partial charge in [-0.1, -0.05) is 52.4 Å². The number of aromatic nitrogens is 8. The lowest BCUT2D eigenvalue weighted by molar-refractivity contribution is -0.138. The molecule has 12 N–H and O–H groups in total. The molecule has 6 fully saturated rings. The van der Waals surface area contributed by atoms with Gasteiger partial charge >= 0.3 is 12.4 Å². The number of anilines is 4. The van der Waals surface area contributed by atoms with Crippen LogP contribution in [0.1, 0.15) is 314 Å². The summed E-state index contributed by atoms with van der Waals surface area (Å²) < 4.78 is 125. The number of pyridine rings is 4. The Morgan fingerprint density at radius 1 is 0.382 bits per heavy atom. The Morgan fingerprint density at radius 2 is 0.701 bits per heavy atom. The number of aliphatic hydroxyl groups is 4. The molecule has 8 aromatic rings. The van der Waals surface area contributed by atoms with Gasteiger partial charge in [0.05, 0.1) is 53.0 Å². The van der Waals surface area contributed by atoms with Crippen molar-refractivity contribution >= 4 is 116 Å². The van der Waals surface area contributed by atoms with E-state index in [2.05, 4.69) is 89.3 Å². The van der Waals surface area contributed by atoms with Crippen molar-refractivity contribution in [3.05, 3.63) is 114 Å². The highest BCUT2D eigenvalue weighted by Gasteiger charge is 2.42. The molecule has 4 aliphatic heterocycles. The zero-order valence-electron chi connectivity index (χ0n) is 83.6. The van der Waals surface area contributed by atoms with E-state index in [9.17, 15) is 98.3 Å². The lowest BCUT2D eigenvalue weighted by Crippen LogP contribution is -2.42. The van der Waals surface area contributed by atoms with Crippen molar-refractivity contribution in [1.29, 1.82) is 0 Å². The largest absolute Gasteiger partial charge is 0.419 e. The van der Waals surface area contributed by atoms with E-state index in [-0.39, 0.29) is 158 Å². The lowest BCUT2D eigenvalue weighted by atomic mass is 9.95. The summed E-state index contributed by atoms with van der Waals surface area (Å²) in [5.41, 5.74) is -3.04. The third kappa shape index (κ3) is 32.4. The van der Waals surface area contributed by atoms with Crippen molar-refractivity contribution in [2.45, 2.75) is 296 Å². The normalized spacial score (nSPS) is 16.8. The van der Waals surface area contributed by atoms with Crippen LogP contribution < -0.4 is 42.5 Å². The van der Waals surface area contributed by atoms with E-state index in [1.807, 2.05) is 32.9 Å². The summed E-state index contributed by atoms with van der Waals surface area (Å²) in [5.74, 6) is -2.89. The molecule has 0 radical (unpaired) electrons. The molecular weight excluding hydrogens is 1960 g/mol. The number of alkyl halides is 9. The summed E-state index contributed by atoms with van der Waals surface area (Å²) in [4.78, 5) is 147. The van der Waals surface area contributed by atoms with Crippen molar-refractivity contribution in [2.24, 2.45) is 0 Å². The van der Waals surface area contributed by atoms with Crippen molar-refractivity contribution in [3.63, 3.8) is 0 Å². The Kier molecular flexibility index (Phi) is 39.5. The van der Waals surface area contributed by atoms with Gasteiger partial charge < -0.3 is 82.6 Å². The number of amides is 8. The smallest absolute Gasteiger partial charge is 0.389 e. The fraction of sp³-hybridized carbons (Fsp3) is 0.596. The molecule has 2 aliphatic carbocycles. The molecule has 2 saturated carbocycles. The molecule has 8 amide bonds. The molecule has 1 atom stereocenters. The molecule has 0 bridgehead atoms. The second-order valence-corrected chi connectivity index (χ2v) is 43.8. The number of nitrogens with one attached hydrogen (secondary N) is 8. The minimum Gasteiger partial charge on any atom is -0.389 e. The van der Waals surface area contributed by atoms with E-state index in [1.165, 1.54) is 64.3 Å². The van der Waals surface area contributed by atoms with Crippen LogP contribution in [0.3, 0.4) is 0 Å². The van der Waals surface area contributed by atoms with Crippen LogP contribution in [0.15, 0.2) is 49.1 Å². The number of carbonyl (C=O) groups excluding carboxylic acids is 8. The molecule has 0 aromatic carbocycles. The highest BCUT2D eigenvalue weighted by molar-refractivity contribution is 7.18. The Hall–Kier alpha value is -10.7. The molecule has 4 saturated heterocycles. The zero-order valence-corrected chi connectivity index (χ0v) is 86.8. The number of piperidine rings is 4. The van der Waals surface area contributed by atoms with Crippen molar-refractivity contribution in [2.75, 3.05) is 106 Å². The van der Waals surface area contributed by atoms with Crippen molar-refractivity contribution in [1.82, 2.24) is 80.7 Å². The first-order valence-electron chi connectivity index (χ1n) is 49.1. The predicted molar refractivity (Wildman–Crippen MR) is 538 cm³/mol. The average molecular weight is 2090 g/mol. The minimum absolute atomic E-state index is 0.0212. The van der Waals surface area contributed by atoms with Gasteiger partial charge in [-0.3, -0.25) is 38.4 Å². The maximum absolute atomic E-state index is 14.2. The van der Waals surface area contributed by atoms with Gasteiger partial charge in [0.1, 0.15) is 64.6 Å². The van der Waals surface area contributed by atoms with Crippen LogP contribution in [0.4, 0.5) is 62.8 Å². The first kappa shape index (κ1) is 114. The van der Waals surface area contributed by atoms with Gasteiger partial charge in [0, 0.05) is 150 Å². The van der Waals surface area contributed by atoms with Crippen LogP contribution in [-0.2, 0) is 12.4 Å². The number of thiazole rings is 4. The maximum atomic E-state index is 14.2. The summed E-state index contributed by atoms with van der Waals surface area (Å²) >= 11 is 3.85. The summed E-state index contributed by atoms with van der Waals surface area (Å²) in [7, 11) is 0. The predicted octanol–water partition coefficient (Wildman–Crippen LogP) is 17.3. The van der Waals surface area contributed by atoms with E-state index in [0.717, 1.165) is 169 Å². The van der Waals surface area contributed by atoms with Gasteiger partial charge in [-0.25, -0.2) is 53.0 Å². The van der Waals surface area contributed by atoms with Crippen LogP contribution in [0.25, 0.3) is 41.8 Å². The molecule has 14 rings (SSSR count). The number of aryl methyl sites for hydroxylation is 2. The molecule has 0 unspecified atom stereocenters. The SMILES string of the molecule is CCCNc1cc(C)c(-c2sc(C(=O)NCC(C)(C)O)nc2C(=O)N2CCC(F)CC2)cn1.CCCNc1ncc(-c2sc(C(=O)NCC(C)(C)O)nc2C(=O)N2CCC(F)CC2)cc1C(F)(F)F.C[C@H]1CCCCN1C(=O)c1nc(C(=O)NCC(C)(C)O)sc1-c1cnc(NC2CCCCC2)c(C(F)(F)F)c1.Cc1cc(NC2CCCCC2)ncc1-c1sc(C(=O)NCC(C)(C)O)nc1C(=O)N1CCC(F)CC1.